The first kappa shape index (κ1) is 9.92. The van der Waals surface area contributed by atoms with Gasteiger partial charge in [0.15, 0.2) is 0 Å². The molecule has 2 atom stereocenters. The molecule has 62 valence electrons. The van der Waals surface area contributed by atoms with Gasteiger partial charge in [0.1, 0.15) is 0 Å². The van der Waals surface area contributed by atoms with Crippen LogP contribution in [-0.2, 0) is 0 Å². The summed E-state index contributed by atoms with van der Waals surface area (Å²) >= 11 is 0. The van der Waals surface area contributed by atoms with E-state index in [-0.39, 0.29) is 6.04 Å². The lowest BCUT2D eigenvalue weighted by Gasteiger charge is -2.15. The van der Waals surface area contributed by atoms with Crippen LogP contribution in [0.5, 0.6) is 0 Å². The van der Waals surface area contributed by atoms with E-state index >= 15 is 0 Å². The fourth-order valence-corrected chi connectivity index (χ4v) is 1.18. The molecule has 0 saturated carbocycles. The molecule has 0 aromatic heterocycles. The van der Waals surface area contributed by atoms with E-state index < -0.39 is 0 Å². The van der Waals surface area contributed by atoms with E-state index in [9.17, 15) is 0 Å². The van der Waals surface area contributed by atoms with E-state index in [2.05, 4.69) is 13.8 Å². The van der Waals surface area contributed by atoms with Crippen LogP contribution in [-0.4, -0.2) is 12.1 Å². The third kappa shape index (κ3) is 6.05. The van der Waals surface area contributed by atoms with E-state index in [0.717, 1.165) is 12.8 Å². The highest BCUT2D eigenvalue weighted by Gasteiger charge is 2.06. The van der Waals surface area contributed by atoms with Gasteiger partial charge in [-0.25, -0.2) is 0 Å². The third-order valence-electron chi connectivity index (χ3n) is 1.45. The molecule has 10 heavy (non-hydrogen) atoms. The lowest BCUT2D eigenvalue weighted by molar-refractivity contribution is 0.448. The molecule has 0 aliphatic rings. The van der Waals surface area contributed by atoms with Crippen molar-refractivity contribution in [3.8, 4) is 0 Å². The van der Waals surface area contributed by atoms with Crippen LogP contribution in [0.3, 0.4) is 0 Å². The second-order valence-corrected chi connectivity index (χ2v) is 3.60. The van der Waals surface area contributed by atoms with Gasteiger partial charge in [-0.05, 0) is 25.7 Å². The quantitative estimate of drug-likeness (QED) is 0.620. The summed E-state index contributed by atoms with van der Waals surface area (Å²) in [6.07, 6.45) is 2.03. The second-order valence-electron chi connectivity index (χ2n) is 3.60. The maximum Gasteiger partial charge on any atom is 0.00558 e. The molecule has 0 aliphatic carbocycles. The van der Waals surface area contributed by atoms with Crippen molar-refractivity contribution in [1.29, 1.82) is 0 Å². The molecule has 2 nitrogen and oxygen atoms in total. The van der Waals surface area contributed by atoms with Crippen LogP contribution in [0.2, 0.25) is 0 Å². The van der Waals surface area contributed by atoms with Crippen LogP contribution < -0.4 is 11.5 Å². The Morgan fingerprint density at radius 3 is 1.80 bits per heavy atom. The molecule has 0 fully saturated rings. The molecule has 0 saturated heterocycles. The summed E-state index contributed by atoms with van der Waals surface area (Å²) < 4.78 is 0. The zero-order chi connectivity index (χ0) is 8.15. The van der Waals surface area contributed by atoms with Crippen LogP contribution in [0.1, 0.15) is 33.6 Å². The lowest BCUT2D eigenvalue weighted by Crippen LogP contribution is -2.30. The third-order valence-corrected chi connectivity index (χ3v) is 1.45. The van der Waals surface area contributed by atoms with Crippen molar-refractivity contribution in [2.24, 2.45) is 17.4 Å². The molecule has 0 aromatic rings. The fourth-order valence-electron chi connectivity index (χ4n) is 1.18. The standard InChI is InChI=1S/C8H20N2/c1-6(2)4-8(10)5-7(3)9/h6-8H,4-5,9-10H2,1-3H3. The Morgan fingerprint density at radius 1 is 1.00 bits per heavy atom. The number of hydrogen-bond acceptors (Lipinski definition) is 2. The first-order valence-electron chi connectivity index (χ1n) is 4.03. The van der Waals surface area contributed by atoms with Gasteiger partial charge in [0.25, 0.3) is 0 Å². The molecule has 0 radical (unpaired) electrons. The minimum absolute atomic E-state index is 0.244. The zero-order valence-electron chi connectivity index (χ0n) is 7.30. The smallest absolute Gasteiger partial charge is 0.00558 e. The highest BCUT2D eigenvalue weighted by atomic mass is 14.7. The largest absolute Gasteiger partial charge is 0.328 e. The Kier molecular flexibility index (Phi) is 4.65. The average molecular weight is 144 g/mol. The molecule has 0 heterocycles. The maximum absolute atomic E-state index is 5.80. The molecule has 4 N–H and O–H groups in total. The van der Waals surface area contributed by atoms with E-state index in [1.807, 2.05) is 6.92 Å². The number of rotatable bonds is 4. The Morgan fingerprint density at radius 2 is 1.50 bits per heavy atom. The molecule has 2 unspecified atom stereocenters. The minimum Gasteiger partial charge on any atom is -0.328 e. The van der Waals surface area contributed by atoms with E-state index in [0.29, 0.717) is 12.0 Å². The van der Waals surface area contributed by atoms with Crippen LogP contribution >= 0.6 is 0 Å². The van der Waals surface area contributed by atoms with Crippen LogP contribution in [0, 0.1) is 5.92 Å². The Balaban J connectivity index is 3.34. The number of hydrogen-bond donors (Lipinski definition) is 2. The van der Waals surface area contributed by atoms with Crippen LogP contribution in [0.25, 0.3) is 0 Å². The molecule has 0 bridgehead atoms. The predicted molar refractivity (Wildman–Crippen MR) is 45.7 cm³/mol. The van der Waals surface area contributed by atoms with Crippen LogP contribution in [0.4, 0.5) is 0 Å². The van der Waals surface area contributed by atoms with Crippen molar-refractivity contribution in [2.75, 3.05) is 0 Å². The van der Waals surface area contributed by atoms with Gasteiger partial charge in [-0.1, -0.05) is 13.8 Å². The average Bonchev–Trinajstić information content (AvgIpc) is 1.58. The summed E-state index contributed by atoms with van der Waals surface area (Å²) in [6, 6.07) is 0.536. The van der Waals surface area contributed by atoms with E-state index in [1.54, 1.807) is 0 Å². The van der Waals surface area contributed by atoms with Gasteiger partial charge in [0, 0.05) is 12.1 Å². The summed E-state index contributed by atoms with van der Waals surface area (Å²) in [4.78, 5) is 0. The first-order valence-corrected chi connectivity index (χ1v) is 4.03. The topological polar surface area (TPSA) is 52.0 Å². The Labute approximate surface area is 64.0 Å². The molecule has 0 aliphatic heterocycles. The monoisotopic (exact) mass is 144 g/mol. The minimum atomic E-state index is 0.244. The van der Waals surface area contributed by atoms with Crippen molar-refractivity contribution in [2.45, 2.75) is 45.7 Å². The van der Waals surface area contributed by atoms with Gasteiger partial charge in [0.2, 0.25) is 0 Å². The predicted octanol–water partition coefficient (Wildman–Crippen LogP) is 1.10. The fraction of sp³-hybridized carbons (Fsp3) is 1.00. The molecule has 0 aromatic carbocycles. The number of nitrogens with two attached hydrogens (primary N) is 2. The normalized spacial score (nSPS) is 17.4. The molecule has 2 heteroatoms. The molecule has 0 spiro atoms. The van der Waals surface area contributed by atoms with Crippen LogP contribution in [0.15, 0.2) is 0 Å². The van der Waals surface area contributed by atoms with Gasteiger partial charge in [-0.2, -0.15) is 0 Å². The summed E-state index contributed by atoms with van der Waals surface area (Å²) in [6.45, 7) is 6.36. The van der Waals surface area contributed by atoms with Crippen molar-refractivity contribution < 1.29 is 0 Å². The van der Waals surface area contributed by atoms with Gasteiger partial charge in [-0.3, -0.25) is 0 Å². The van der Waals surface area contributed by atoms with Crippen molar-refractivity contribution in [3.05, 3.63) is 0 Å². The van der Waals surface area contributed by atoms with Gasteiger partial charge >= 0.3 is 0 Å². The SMILES string of the molecule is CC(C)CC(N)CC(C)N. The van der Waals surface area contributed by atoms with Crippen molar-refractivity contribution in [3.63, 3.8) is 0 Å². The highest BCUT2D eigenvalue weighted by Crippen LogP contribution is 2.06. The second kappa shape index (κ2) is 4.69. The summed E-state index contributed by atoms with van der Waals surface area (Å²) in [5, 5.41) is 0. The Bertz CT molecular complexity index is 69.3. The zero-order valence-corrected chi connectivity index (χ0v) is 7.30. The highest BCUT2D eigenvalue weighted by molar-refractivity contribution is 4.68. The van der Waals surface area contributed by atoms with E-state index in [1.165, 1.54) is 0 Å². The van der Waals surface area contributed by atoms with Gasteiger partial charge < -0.3 is 11.5 Å². The molecular formula is C8H20N2. The molecular weight excluding hydrogens is 124 g/mol. The summed E-state index contributed by atoms with van der Waals surface area (Å²) in [7, 11) is 0. The Hall–Kier alpha value is -0.0800. The van der Waals surface area contributed by atoms with Gasteiger partial charge in [-0.15, -0.1) is 0 Å². The van der Waals surface area contributed by atoms with Crippen molar-refractivity contribution in [1.82, 2.24) is 0 Å². The van der Waals surface area contributed by atoms with Crippen molar-refractivity contribution >= 4 is 0 Å². The van der Waals surface area contributed by atoms with E-state index in [4.69, 9.17) is 11.5 Å². The molecule has 0 amide bonds. The summed E-state index contributed by atoms with van der Waals surface area (Å²) in [5.41, 5.74) is 11.4. The summed E-state index contributed by atoms with van der Waals surface area (Å²) in [5.74, 6) is 0.689. The first-order chi connectivity index (χ1) is 4.52. The lowest BCUT2D eigenvalue weighted by atomic mass is 9.99. The molecule has 0 rings (SSSR count). The maximum atomic E-state index is 5.80. The van der Waals surface area contributed by atoms with Gasteiger partial charge in [0.05, 0.1) is 0 Å².